The molecule has 0 aliphatic carbocycles. The maximum absolute atomic E-state index is 11.3. The molecule has 72 valence electrons. The Morgan fingerprint density at radius 1 is 1.54 bits per heavy atom. The van der Waals surface area contributed by atoms with Crippen LogP contribution in [0.15, 0.2) is 17.5 Å². The smallest absolute Gasteiger partial charge is 0.198 e. The Bertz CT molecular complexity index is 243. The zero-order valence-electron chi connectivity index (χ0n) is 7.49. The van der Waals surface area contributed by atoms with E-state index in [-0.39, 0.29) is 12.4 Å². The van der Waals surface area contributed by atoms with Crippen LogP contribution in [0.1, 0.15) is 9.67 Å². The van der Waals surface area contributed by atoms with E-state index in [9.17, 15) is 4.79 Å². The molecule has 0 aliphatic rings. The van der Waals surface area contributed by atoms with Crippen molar-refractivity contribution in [2.45, 2.75) is 0 Å². The molecule has 0 amide bonds. The Morgan fingerprint density at radius 3 is 3.00 bits per heavy atom. The maximum atomic E-state index is 11.3. The van der Waals surface area contributed by atoms with Gasteiger partial charge in [0, 0.05) is 7.11 Å². The normalized spacial score (nSPS) is 10.2. The average molecular weight is 200 g/mol. The van der Waals surface area contributed by atoms with Gasteiger partial charge in [-0.2, -0.15) is 0 Å². The summed E-state index contributed by atoms with van der Waals surface area (Å²) in [5.41, 5.74) is 0. The first-order valence-corrected chi connectivity index (χ1v) is 4.86. The summed E-state index contributed by atoms with van der Waals surface area (Å²) in [5.74, 6) is 0.0334. The lowest BCUT2D eigenvalue weighted by molar-refractivity contribution is 0.0579. The minimum Gasteiger partial charge on any atom is -0.382 e. The highest BCUT2D eigenvalue weighted by Crippen LogP contribution is 2.08. The third kappa shape index (κ3) is 3.67. The molecule has 0 saturated heterocycles. The summed E-state index contributed by atoms with van der Waals surface area (Å²) in [6, 6.07) is 3.65. The molecule has 4 heteroatoms. The van der Waals surface area contributed by atoms with Crippen molar-refractivity contribution >= 4 is 17.1 Å². The summed E-state index contributed by atoms with van der Waals surface area (Å²) < 4.78 is 9.87. The van der Waals surface area contributed by atoms with Crippen LogP contribution < -0.4 is 0 Å². The molecule has 1 aromatic rings. The van der Waals surface area contributed by atoms with E-state index in [0.717, 1.165) is 4.88 Å². The molecule has 0 aliphatic heterocycles. The molecule has 0 atom stereocenters. The number of hydrogen-bond donors (Lipinski definition) is 0. The zero-order chi connectivity index (χ0) is 9.52. The molecule has 13 heavy (non-hydrogen) atoms. The van der Waals surface area contributed by atoms with E-state index in [0.29, 0.717) is 13.2 Å². The topological polar surface area (TPSA) is 35.5 Å². The van der Waals surface area contributed by atoms with E-state index in [1.807, 2.05) is 11.4 Å². The van der Waals surface area contributed by atoms with Crippen molar-refractivity contribution in [1.29, 1.82) is 0 Å². The SMILES string of the molecule is COCCOCC(=O)c1cccs1. The Morgan fingerprint density at radius 2 is 2.38 bits per heavy atom. The highest BCUT2D eigenvalue weighted by Gasteiger charge is 2.05. The summed E-state index contributed by atoms with van der Waals surface area (Å²) in [6.45, 7) is 1.13. The van der Waals surface area contributed by atoms with Gasteiger partial charge >= 0.3 is 0 Å². The first-order chi connectivity index (χ1) is 6.34. The van der Waals surface area contributed by atoms with Crippen LogP contribution in [0.5, 0.6) is 0 Å². The molecule has 0 fully saturated rings. The van der Waals surface area contributed by atoms with Crippen LogP contribution in [-0.4, -0.2) is 32.7 Å². The van der Waals surface area contributed by atoms with Gasteiger partial charge in [0.1, 0.15) is 6.61 Å². The fourth-order valence-electron chi connectivity index (χ4n) is 0.815. The molecule has 0 N–H and O–H groups in total. The second-order valence-electron chi connectivity index (χ2n) is 2.45. The van der Waals surface area contributed by atoms with Gasteiger partial charge in [-0.1, -0.05) is 6.07 Å². The minimum absolute atomic E-state index is 0.0334. The summed E-state index contributed by atoms with van der Waals surface area (Å²) in [5, 5.41) is 1.88. The van der Waals surface area contributed by atoms with Crippen molar-refractivity contribution in [3.05, 3.63) is 22.4 Å². The van der Waals surface area contributed by atoms with E-state index in [1.54, 1.807) is 13.2 Å². The first kappa shape index (κ1) is 10.4. The van der Waals surface area contributed by atoms with Gasteiger partial charge in [0.2, 0.25) is 0 Å². The van der Waals surface area contributed by atoms with Gasteiger partial charge in [0.05, 0.1) is 18.1 Å². The minimum atomic E-state index is 0.0334. The van der Waals surface area contributed by atoms with Gasteiger partial charge in [-0.25, -0.2) is 0 Å². The van der Waals surface area contributed by atoms with Crippen LogP contribution in [0.2, 0.25) is 0 Å². The molecule has 0 aromatic carbocycles. The second kappa shape index (κ2) is 5.85. The summed E-state index contributed by atoms with van der Waals surface area (Å²) in [4.78, 5) is 12.1. The van der Waals surface area contributed by atoms with Crippen molar-refractivity contribution in [1.82, 2.24) is 0 Å². The highest BCUT2D eigenvalue weighted by molar-refractivity contribution is 7.12. The summed E-state index contributed by atoms with van der Waals surface area (Å²) in [6.07, 6.45) is 0. The van der Waals surface area contributed by atoms with E-state index in [1.165, 1.54) is 11.3 Å². The lowest BCUT2D eigenvalue weighted by atomic mass is 10.3. The third-order valence-electron chi connectivity index (χ3n) is 1.46. The molecule has 3 nitrogen and oxygen atoms in total. The van der Waals surface area contributed by atoms with Crippen molar-refractivity contribution in [3.63, 3.8) is 0 Å². The van der Waals surface area contributed by atoms with E-state index in [4.69, 9.17) is 9.47 Å². The van der Waals surface area contributed by atoms with Crippen molar-refractivity contribution in [2.75, 3.05) is 26.9 Å². The van der Waals surface area contributed by atoms with Gasteiger partial charge in [0.15, 0.2) is 5.78 Å². The lowest BCUT2D eigenvalue weighted by Gasteiger charge is -2.00. The molecule has 0 radical (unpaired) electrons. The second-order valence-corrected chi connectivity index (χ2v) is 3.39. The zero-order valence-corrected chi connectivity index (χ0v) is 8.30. The van der Waals surface area contributed by atoms with Crippen LogP contribution in [-0.2, 0) is 9.47 Å². The first-order valence-electron chi connectivity index (χ1n) is 3.98. The molecule has 1 aromatic heterocycles. The Balaban J connectivity index is 2.19. The van der Waals surface area contributed by atoms with E-state index in [2.05, 4.69) is 0 Å². The van der Waals surface area contributed by atoms with E-state index >= 15 is 0 Å². The van der Waals surface area contributed by atoms with Crippen molar-refractivity contribution in [2.24, 2.45) is 0 Å². The van der Waals surface area contributed by atoms with Gasteiger partial charge in [-0.3, -0.25) is 4.79 Å². The standard InChI is InChI=1S/C9H12O3S/c1-11-4-5-12-7-8(10)9-3-2-6-13-9/h2-3,6H,4-5,7H2,1H3. The van der Waals surface area contributed by atoms with Crippen LogP contribution in [0.3, 0.4) is 0 Å². The monoisotopic (exact) mass is 200 g/mol. The fraction of sp³-hybridized carbons (Fsp3) is 0.444. The number of hydrogen-bond acceptors (Lipinski definition) is 4. The largest absolute Gasteiger partial charge is 0.382 e. The number of carbonyl (C=O) groups excluding carboxylic acids is 1. The molecule has 0 spiro atoms. The quantitative estimate of drug-likeness (QED) is 0.517. The molecule has 0 saturated carbocycles. The predicted octanol–water partition coefficient (Wildman–Crippen LogP) is 1.59. The summed E-state index contributed by atoms with van der Waals surface area (Å²) in [7, 11) is 1.60. The molecule has 0 unspecified atom stereocenters. The van der Waals surface area contributed by atoms with Gasteiger partial charge in [0.25, 0.3) is 0 Å². The number of methoxy groups -OCH3 is 1. The number of ketones is 1. The number of ether oxygens (including phenoxy) is 2. The van der Waals surface area contributed by atoms with Crippen molar-refractivity contribution in [3.8, 4) is 0 Å². The Labute approximate surface area is 81.3 Å². The Hall–Kier alpha value is -0.710. The summed E-state index contributed by atoms with van der Waals surface area (Å²) >= 11 is 1.43. The predicted molar refractivity (Wildman–Crippen MR) is 51.3 cm³/mol. The number of Topliss-reactive ketones (excluding diaryl/α,β-unsaturated/α-hetero) is 1. The Kier molecular flexibility index (Phi) is 4.67. The fourth-order valence-corrected chi connectivity index (χ4v) is 1.47. The van der Waals surface area contributed by atoms with Crippen LogP contribution >= 0.6 is 11.3 Å². The van der Waals surface area contributed by atoms with Crippen molar-refractivity contribution < 1.29 is 14.3 Å². The lowest BCUT2D eigenvalue weighted by Crippen LogP contribution is -2.10. The number of rotatable bonds is 6. The number of thiophene rings is 1. The van der Waals surface area contributed by atoms with Gasteiger partial charge in [-0.05, 0) is 11.4 Å². The van der Waals surface area contributed by atoms with E-state index < -0.39 is 0 Å². The average Bonchev–Trinajstić information content (AvgIpc) is 2.65. The third-order valence-corrected chi connectivity index (χ3v) is 2.37. The number of carbonyl (C=O) groups is 1. The van der Waals surface area contributed by atoms with Crippen LogP contribution in [0, 0.1) is 0 Å². The molecular weight excluding hydrogens is 188 g/mol. The molecular formula is C9H12O3S. The van der Waals surface area contributed by atoms with Gasteiger partial charge in [-0.15, -0.1) is 11.3 Å². The van der Waals surface area contributed by atoms with Crippen LogP contribution in [0.4, 0.5) is 0 Å². The van der Waals surface area contributed by atoms with Gasteiger partial charge < -0.3 is 9.47 Å². The molecule has 1 heterocycles. The van der Waals surface area contributed by atoms with Crippen LogP contribution in [0.25, 0.3) is 0 Å². The highest BCUT2D eigenvalue weighted by atomic mass is 32.1. The maximum Gasteiger partial charge on any atom is 0.198 e. The molecule has 1 rings (SSSR count). The molecule has 0 bridgehead atoms.